The molecule has 2 aromatic rings. The van der Waals surface area contributed by atoms with Gasteiger partial charge in [-0.2, -0.15) is 0 Å². The maximum absolute atomic E-state index is 10.5. The minimum Gasteiger partial charge on any atom is -0.393 e. The molecular formula is C14H14N6O8. The first-order valence-corrected chi connectivity index (χ1v) is 7.25. The van der Waals surface area contributed by atoms with Crippen LogP contribution in [0.15, 0.2) is 24.3 Å². The molecule has 0 fully saturated rings. The van der Waals surface area contributed by atoms with Crippen LogP contribution in [0.4, 0.5) is 34.1 Å². The summed E-state index contributed by atoms with van der Waals surface area (Å²) in [7, 11) is 0. The molecule has 148 valence electrons. The van der Waals surface area contributed by atoms with Crippen LogP contribution in [0.1, 0.15) is 11.1 Å². The smallest absolute Gasteiger partial charge is 0.301 e. The molecule has 0 aliphatic rings. The lowest BCUT2D eigenvalue weighted by Crippen LogP contribution is -2.01. The molecule has 4 N–H and O–H groups in total. The van der Waals surface area contributed by atoms with Gasteiger partial charge in [-0.05, 0) is 26.0 Å². The van der Waals surface area contributed by atoms with Gasteiger partial charge in [0.1, 0.15) is 22.5 Å². The Bertz CT molecular complexity index is 911. The molecule has 2 rings (SSSR count). The second-order valence-electron chi connectivity index (χ2n) is 5.32. The van der Waals surface area contributed by atoms with Crippen molar-refractivity contribution in [2.45, 2.75) is 13.8 Å². The van der Waals surface area contributed by atoms with Gasteiger partial charge in [-0.15, -0.1) is 0 Å². The predicted octanol–water partition coefficient (Wildman–Crippen LogP) is 2.79. The van der Waals surface area contributed by atoms with Gasteiger partial charge in [-0.25, -0.2) is 0 Å². The van der Waals surface area contributed by atoms with E-state index in [9.17, 15) is 40.5 Å². The van der Waals surface area contributed by atoms with Crippen molar-refractivity contribution in [3.63, 3.8) is 0 Å². The Morgan fingerprint density at radius 3 is 1.11 bits per heavy atom. The van der Waals surface area contributed by atoms with Crippen molar-refractivity contribution in [3.8, 4) is 0 Å². The summed E-state index contributed by atoms with van der Waals surface area (Å²) in [6.45, 7) is 2.60. The van der Waals surface area contributed by atoms with Crippen molar-refractivity contribution in [1.29, 1.82) is 0 Å². The summed E-state index contributed by atoms with van der Waals surface area (Å²) in [5, 5.41) is 41.9. The first kappa shape index (κ1) is 21.7. The van der Waals surface area contributed by atoms with E-state index in [1.807, 2.05) is 0 Å². The number of hydrogen-bond donors (Lipinski definition) is 2. The number of nitrogens with two attached hydrogens (primary N) is 2. The molecule has 0 aliphatic heterocycles. The molecule has 0 radical (unpaired) electrons. The molecule has 0 saturated heterocycles. The lowest BCUT2D eigenvalue weighted by atomic mass is 10.1. The van der Waals surface area contributed by atoms with Crippen LogP contribution in [0, 0.1) is 54.3 Å². The fourth-order valence-corrected chi connectivity index (χ4v) is 2.30. The third kappa shape index (κ3) is 4.43. The summed E-state index contributed by atoms with van der Waals surface area (Å²) in [5.74, 6) is 0. The predicted molar refractivity (Wildman–Crippen MR) is 97.8 cm³/mol. The van der Waals surface area contributed by atoms with Crippen molar-refractivity contribution >= 4 is 34.1 Å². The van der Waals surface area contributed by atoms with Crippen molar-refractivity contribution in [2.24, 2.45) is 0 Å². The normalized spacial score (nSPS) is 9.79. The van der Waals surface area contributed by atoms with E-state index in [4.69, 9.17) is 11.5 Å². The van der Waals surface area contributed by atoms with Gasteiger partial charge in [0.25, 0.3) is 11.4 Å². The Hall–Kier alpha value is -4.36. The fourth-order valence-electron chi connectivity index (χ4n) is 2.30. The van der Waals surface area contributed by atoms with Crippen LogP contribution in [-0.2, 0) is 0 Å². The highest BCUT2D eigenvalue weighted by molar-refractivity contribution is 5.68. The molecule has 14 heteroatoms. The standard InChI is InChI=1S/2C7H7N3O4/c2*1-4-6(9(11)12)3-2-5(8)7(4)10(13)14/h2*2-3H,8H2,1H3. The Morgan fingerprint density at radius 1 is 0.607 bits per heavy atom. The third-order valence-electron chi connectivity index (χ3n) is 3.63. The Kier molecular flexibility index (Phi) is 6.46. The van der Waals surface area contributed by atoms with E-state index in [1.165, 1.54) is 13.8 Å². The Morgan fingerprint density at radius 2 is 0.893 bits per heavy atom. The second-order valence-corrected chi connectivity index (χ2v) is 5.32. The highest BCUT2D eigenvalue weighted by Crippen LogP contribution is 2.33. The van der Waals surface area contributed by atoms with Gasteiger partial charge >= 0.3 is 11.4 Å². The average Bonchev–Trinajstić information content (AvgIpc) is 2.54. The summed E-state index contributed by atoms with van der Waals surface area (Å²) < 4.78 is 0. The maximum Gasteiger partial charge on any atom is 0.301 e. The molecule has 0 heterocycles. The van der Waals surface area contributed by atoms with E-state index < -0.39 is 31.1 Å². The van der Waals surface area contributed by atoms with Crippen LogP contribution in [-0.4, -0.2) is 19.7 Å². The summed E-state index contributed by atoms with van der Waals surface area (Å²) in [4.78, 5) is 39.1. The minimum absolute atomic E-state index is 0.0278. The largest absolute Gasteiger partial charge is 0.393 e. The summed E-state index contributed by atoms with van der Waals surface area (Å²) in [6.07, 6.45) is 0. The van der Waals surface area contributed by atoms with Crippen LogP contribution in [0.2, 0.25) is 0 Å². The number of benzene rings is 2. The molecule has 14 nitrogen and oxygen atoms in total. The zero-order valence-electron chi connectivity index (χ0n) is 14.5. The quantitative estimate of drug-likeness (QED) is 0.437. The molecule has 0 atom stereocenters. The lowest BCUT2D eigenvalue weighted by Gasteiger charge is -2.00. The molecule has 0 spiro atoms. The van der Waals surface area contributed by atoms with Crippen molar-refractivity contribution in [3.05, 3.63) is 75.8 Å². The van der Waals surface area contributed by atoms with Crippen LogP contribution < -0.4 is 11.5 Å². The van der Waals surface area contributed by atoms with Gasteiger partial charge in [-0.1, -0.05) is 0 Å². The van der Waals surface area contributed by atoms with E-state index in [0.29, 0.717) is 0 Å². The van der Waals surface area contributed by atoms with E-state index in [0.717, 1.165) is 24.3 Å². The molecule has 2 aromatic carbocycles. The SMILES string of the molecule is Cc1c([N+](=O)[O-])ccc(N)c1[N+](=O)[O-].Cc1c([N+](=O)[O-])ccc(N)c1[N+](=O)[O-]. The van der Waals surface area contributed by atoms with Gasteiger partial charge < -0.3 is 11.5 Å². The van der Waals surface area contributed by atoms with Crippen molar-refractivity contribution in [1.82, 2.24) is 0 Å². The molecule has 28 heavy (non-hydrogen) atoms. The first-order valence-electron chi connectivity index (χ1n) is 7.25. The number of nitro benzene ring substituents is 4. The monoisotopic (exact) mass is 394 g/mol. The van der Waals surface area contributed by atoms with Gasteiger partial charge in [0.05, 0.1) is 19.7 Å². The minimum atomic E-state index is -0.725. The molecule has 0 unspecified atom stereocenters. The maximum atomic E-state index is 10.5. The van der Waals surface area contributed by atoms with Gasteiger partial charge in [0.15, 0.2) is 0 Å². The number of nitro groups is 4. The second kappa shape index (κ2) is 8.35. The number of anilines is 2. The zero-order chi connectivity index (χ0) is 21.8. The average molecular weight is 394 g/mol. The van der Waals surface area contributed by atoms with Crippen molar-refractivity contribution < 1.29 is 19.7 Å². The topological polar surface area (TPSA) is 225 Å². The van der Waals surface area contributed by atoms with Gasteiger partial charge in [0.2, 0.25) is 0 Å². The highest BCUT2D eigenvalue weighted by Gasteiger charge is 2.24. The number of rotatable bonds is 4. The summed E-state index contributed by atoms with van der Waals surface area (Å²) >= 11 is 0. The van der Waals surface area contributed by atoms with E-state index >= 15 is 0 Å². The Labute approximate surface area is 156 Å². The fraction of sp³-hybridized carbons (Fsp3) is 0.143. The Balaban J connectivity index is 0.000000280. The van der Waals surface area contributed by atoms with Gasteiger partial charge in [0, 0.05) is 12.1 Å². The zero-order valence-corrected chi connectivity index (χ0v) is 14.5. The number of nitrogen functional groups attached to an aromatic ring is 2. The number of nitrogens with zero attached hydrogens (tertiary/aromatic N) is 4. The molecule has 0 aromatic heterocycles. The molecular weight excluding hydrogens is 380 g/mol. The number of hydrogen-bond acceptors (Lipinski definition) is 10. The molecule has 0 amide bonds. The molecule has 0 saturated carbocycles. The lowest BCUT2D eigenvalue weighted by molar-refractivity contribution is -0.394. The first-order chi connectivity index (χ1) is 12.9. The van der Waals surface area contributed by atoms with E-state index in [-0.39, 0.29) is 33.9 Å². The van der Waals surface area contributed by atoms with Crippen LogP contribution in [0.25, 0.3) is 0 Å². The van der Waals surface area contributed by atoms with Crippen LogP contribution in [0.5, 0.6) is 0 Å². The van der Waals surface area contributed by atoms with Crippen LogP contribution in [0.3, 0.4) is 0 Å². The highest BCUT2D eigenvalue weighted by atomic mass is 16.6. The molecule has 0 bridgehead atoms. The third-order valence-corrected chi connectivity index (χ3v) is 3.63. The van der Waals surface area contributed by atoms with Crippen molar-refractivity contribution in [2.75, 3.05) is 11.5 Å². The van der Waals surface area contributed by atoms with E-state index in [2.05, 4.69) is 0 Å². The van der Waals surface area contributed by atoms with E-state index in [1.54, 1.807) is 0 Å². The summed E-state index contributed by atoms with van der Waals surface area (Å²) in [6, 6.07) is 4.61. The van der Waals surface area contributed by atoms with Crippen LogP contribution >= 0.6 is 0 Å². The summed E-state index contributed by atoms with van der Waals surface area (Å²) in [5.41, 5.74) is 9.05. The van der Waals surface area contributed by atoms with Gasteiger partial charge in [-0.3, -0.25) is 40.5 Å². The molecule has 0 aliphatic carbocycles.